The first-order valence-electron chi connectivity index (χ1n) is 4.22. The van der Waals surface area contributed by atoms with Crippen LogP contribution in [0, 0.1) is 0 Å². The molecule has 13 heavy (non-hydrogen) atoms. The molecule has 1 aromatic rings. The van der Waals surface area contributed by atoms with E-state index >= 15 is 0 Å². The Balaban J connectivity index is 2.75. The molecule has 0 saturated carbocycles. The van der Waals surface area contributed by atoms with Gasteiger partial charge in [0.15, 0.2) is 0 Å². The Morgan fingerprint density at radius 3 is 2.85 bits per heavy atom. The average molecular weight is 178 g/mol. The van der Waals surface area contributed by atoms with Crippen molar-refractivity contribution in [3.8, 4) is 0 Å². The summed E-state index contributed by atoms with van der Waals surface area (Å²) in [6.07, 6.45) is 3.78. The van der Waals surface area contributed by atoms with E-state index in [0.29, 0.717) is 6.54 Å². The van der Waals surface area contributed by atoms with Gasteiger partial charge in [-0.15, -0.1) is 5.10 Å². The van der Waals surface area contributed by atoms with Crippen molar-refractivity contribution in [3.05, 3.63) is 18.5 Å². The van der Waals surface area contributed by atoms with Crippen LogP contribution in [0.15, 0.2) is 28.6 Å². The van der Waals surface area contributed by atoms with Gasteiger partial charge < -0.3 is 4.90 Å². The number of aromatic nitrogens is 1. The fraction of sp³-hybridized carbons (Fsp3) is 0.444. The van der Waals surface area contributed by atoms with Gasteiger partial charge in [0.1, 0.15) is 6.01 Å². The fourth-order valence-corrected chi connectivity index (χ4v) is 0.855. The summed E-state index contributed by atoms with van der Waals surface area (Å²) in [4.78, 5) is 5.89. The average Bonchev–Trinajstić information content (AvgIpc) is 2.53. The summed E-state index contributed by atoms with van der Waals surface area (Å²) in [5.74, 6) is 0. The summed E-state index contributed by atoms with van der Waals surface area (Å²) in [5.41, 5.74) is 1.11. The van der Waals surface area contributed by atoms with Crippen molar-refractivity contribution >= 4 is 11.7 Å². The number of nitrogens with zero attached hydrogens (tertiary/aromatic N) is 4. The van der Waals surface area contributed by atoms with Gasteiger partial charge >= 0.3 is 0 Å². The van der Waals surface area contributed by atoms with Crippen molar-refractivity contribution < 1.29 is 0 Å². The minimum atomic E-state index is 0.714. The van der Waals surface area contributed by atoms with E-state index < -0.39 is 0 Å². The summed E-state index contributed by atoms with van der Waals surface area (Å²) in [6.45, 7) is 2.66. The molecule has 0 aliphatic heterocycles. The van der Waals surface area contributed by atoms with Crippen LogP contribution in [-0.2, 0) is 0 Å². The molecule has 0 aromatic carbocycles. The van der Waals surface area contributed by atoms with Crippen LogP contribution in [0.25, 0.3) is 0 Å². The van der Waals surface area contributed by atoms with Crippen LogP contribution in [0.4, 0.5) is 5.69 Å². The number of hydrogen-bond donors (Lipinski definition) is 0. The van der Waals surface area contributed by atoms with E-state index in [-0.39, 0.29) is 0 Å². The second kappa shape index (κ2) is 4.48. The van der Waals surface area contributed by atoms with Crippen LogP contribution in [0.5, 0.6) is 0 Å². The molecule has 0 fully saturated rings. The maximum absolute atomic E-state index is 3.97. The lowest BCUT2D eigenvalue weighted by molar-refractivity contribution is 0.890. The SMILES string of the molecule is CCN=C=Nn1ccc(N(C)C)c1. The first-order valence-corrected chi connectivity index (χ1v) is 4.22. The number of rotatable bonds is 3. The summed E-state index contributed by atoms with van der Waals surface area (Å²) in [5, 5.41) is 3.97. The van der Waals surface area contributed by atoms with Crippen LogP contribution in [-0.4, -0.2) is 31.3 Å². The largest absolute Gasteiger partial charge is 0.376 e. The predicted molar refractivity (Wildman–Crippen MR) is 54.6 cm³/mol. The molecule has 0 amide bonds. The van der Waals surface area contributed by atoms with Crippen molar-refractivity contribution in [1.82, 2.24) is 4.68 Å². The van der Waals surface area contributed by atoms with E-state index in [0.717, 1.165) is 5.69 Å². The second-order valence-corrected chi connectivity index (χ2v) is 2.82. The van der Waals surface area contributed by atoms with Crippen molar-refractivity contribution in [2.24, 2.45) is 10.1 Å². The molecule has 0 saturated heterocycles. The Kier molecular flexibility index (Phi) is 3.29. The molecule has 0 radical (unpaired) electrons. The van der Waals surface area contributed by atoms with Crippen molar-refractivity contribution in [1.29, 1.82) is 0 Å². The summed E-state index contributed by atoms with van der Waals surface area (Å²) >= 11 is 0. The third kappa shape index (κ3) is 2.76. The van der Waals surface area contributed by atoms with Gasteiger partial charge in [0.25, 0.3) is 0 Å². The van der Waals surface area contributed by atoms with Crippen LogP contribution in [0.2, 0.25) is 0 Å². The quantitative estimate of drug-likeness (QED) is 0.646. The molecule has 0 unspecified atom stereocenters. The zero-order valence-corrected chi connectivity index (χ0v) is 8.23. The van der Waals surface area contributed by atoms with Crippen molar-refractivity contribution in [3.63, 3.8) is 0 Å². The van der Waals surface area contributed by atoms with Gasteiger partial charge in [-0.2, -0.15) is 0 Å². The molecular formula is C9H14N4. The van der Waals surface area contributed by atoms with Crippen LogP contribution in [0.3, 0.4) is 0 Å². The first-order chi connectivity index (χ1) is 6.24. The topological polar surface area (TPSA) is 32.9 Å². The molecule has 0 bridgehead atoms. The molecular weight excluding hydrogens is 164 g/mol. The maximum Gasteiger partial charge on any atom is 0.115 e. The number of anilines is 1. The van der Waals surface area contributed by atoms with Crippen LogP contribution >= 0.6 is 0 Å². The molecule has 1 heterocycles. The Morgan fingerprint density at radius 2 is 2.31 bits per heavy atom. The van der Waals surface area contributed by atoms with Gasteiger partial charge in [0, 0.05) is 26.8 Å². The third-order valence-corrected chi connectivity index (χ3v) is 1.57. The van der Waals surface area contributed by atoms with E-state index in [1.807, 2.05) is 44.4 Å². The van der Waals surface area contributed by atoms with Gasteiger partial charge in [-0.05, 0) is 13.0 Å². The van der Waals surface area contributed by atoms with Crippen molar-refractivity contribution in [2.75, 3.05) is 25.5 Å². The standard InChI is InChI=1S/C9H14N4/c1-4-10-8-11-13-6-5-9(7-13)12(2)3/h5-7H,4H2,1-3H3. The van der Waals surface area contributed by atoms with Gasteiger partial charge in [-0.25, -0.2) is 9.67 Å². The molecule has 0 aliphatic rings. The highest BCUT2D eigenvalue weighted by Crippen LogP contribution is 2.09. The molecule has 70 valence electrons. The first kappa shape index (κ1) is 9.55. The van der Waals surface area contributed by atoms with E-state index in [4.69, 9.17) is 0 Å². The molecule has 0 N–H and O–H groups in total. The highest BCUT2D eigenvalue weighted by molar-refractivity contribution is 5.45. The third-order valence-electron chi connectivity index (χ3n) is 1.57. The predicted octanol–water partition coefficient (Wildman–Crippen LogP) is 1.51. The van der Waals surface area contributed by atoms with E-state index in [2.05, 4.69) is 16.1 Å². The monoisotopic (exact) mass is 178 g/mol. The molecule has 1 aromatic heterocycles. The smallest absolute Gasteiger partial charge is 0.115 e. The molecule has 4 nitrogen and oxygen atoms in total. The minimum Gasteiger partial charge on any atom is -0.376 e. The second-order valence-electron chi connectivity index (χ2n) is 2.82. The van der Waals surface area contributed by atoms with Crippen LogP contribution in [0.1, 0.15) is 6.92 Å². The lowest BCUT2D eigenvalue weighted by Gasteiger charge is -2.07. The Hall–Kier alpha value is -1.54. The Labute approximate surface area is 78.2 Å². The Morgan fingerprint density at radius 1 is 1.54 bits per heavy atom. The van der Waals surface area contributed by atoms with Gasteiger partial charge in [-0.3, -0.25) is 0 Å². The van der Waals surface area contributed by atoms with Crippen molar-refractivity contribution in [2.45, 2.75) is 6.92 Å². The van der Waals surface area contributed by atoms with E-state index in [1.54, 1.807) is 4.68 Å². The van der Waals surface area contributed by atoms with E-state index in [9.17, 15) is 0 Å². The van der Waals surface area contributed by atoms with E-state index in [1.165, 1.54) is 0 Å². The minimum absolute atomic E-state index is 0.714. The lowest BCUT2D eigenvalue weighted by Crippen LogP contribution is -2.07. The lowest BCUT2D eigenvalue weighted by atomic mass is 10.5. The highest BCUT2D eigenvalue weighted by atomic mass is 15.3. The maximum atomic E-state index is 3.97. The highest BCUT2D eigenvalue weighted by Gasteiger charge is 1.95. The molecule has 1 rings (SSSR count). The summed E-state index contributed by atoms with van der Waals surface area (Å²) in [6, 6.07) is 4.58. The molecule has 0 spiro atoms. The summed E-state index contributed by atoms with van der Waals surface area (Å²) in [7, 11) is 3.98. The van der Waals surface area contributed by atoms with Gasteiger partial charge in [-0.1, -0.05) is 0 Å². The van der Waals surface area contributed by atoms with Gasteiger partial charge in [0.2, 0.25) is 0 Å². The van der Waals surface area contributed by atoms with Gasteiger partial charge in [0.05, 0.1) is 11.9 Å². The number of hydrogen-bond acceptors (Lipinski definition) is 3. The van der Waals surface area contributed by atoms with Crippen LogP contribution < -0.4 is 4.90 Å². The molecule has 4 heteroatoms. The summed E-state index contributed by atoms with van der Waals surface area (Å²) < 4.78 is 1.69. The zero-order valence-electron chi connectivity index (χ0n) is 8.23. The zero-order chi connectivity index (χ0) is 9.68. The fourth-order valence-electron chi connectivity index (χ4n) is 0.855. The Bertz CT molecular complexity index is 318. The number of aliphatic imine (C=N–C) groups is 1. The molecule has 0 aliphatic carbocycles. The normalized spacial score (nSPS) is 9.15. The molecule has 0 atom stereocenters.